The van der Waals surface area contributed by atoms with Gasteiger partial charge < -0.3 is 10.1 Å². The highest BCUT2D eigenvalue weighted by Crippen LogP contribution is 2.16. The van der Waals surface area contributed by atoms with E-state index in [0.717, 1.165) is 18.7 Å². The molecule has 0 aliphatic rings. The highest BCUT2D eigenvalue weighted by molar-refractivity contribution is 9.10. The molecule has 1 aromatic heterocycles. The second kappa shape index (κ2) is 9.39. The van der Waals surface area contributed by atoms with E-state index in [2.05, 4.69) is 32.6 Å². The summed E-state index contributed by atoms with van der Waals surface area (Å²) in [5.41, 5.74) is 0.619. The largest absolute Gasteiger partial charge is 0.383 e. The summed E-state index contributed by atoms with van der Waals surface area (Å²) in [6, 6.07) is 0. The Balaban J connectivity index is 2.56. The molecular weight excluding hydrogens is 330 g/mol. The predicted molar refractivity (Wildman–Crippen MR) is 84.2 cm³/mol. The molecule has 7 heteroatoms. The molecule has 108 valence electrons. The SMILES string of the molecule is COCCn1ncc(NCCCCSC)c(Br)c1=O. The molecule has 0 atom stereocenters. The van der Waals surface area contributed by atoms with Crippen LogP contribution in [0.5, 0.6) is 0 Å². The van der Waals surface area contributed by atoms with E-state index < -0.39 is 0 Å². The Morgan fingerprint density at radius 2 is 2.32 bits per heavy atom. The van der Waals surface area contributed by atoms with Crippen LogP contribution in [0.4, 0.5) is 5.69 Å². The fraction of sp³-hybridized carbons (Fsp3) is 0.667. The number of methoxy groups -OCH3 is 1. The number of nitrogens with zero attached hydrogens (tertiary/aromatic N) is 2. The van der Waals surface area contributed by atoms with Crippen molar-refractivity contribution in [1.29, 1.82) is 0 Å². The summed E-state index contributed by atoms with van der Waals surface area (Å²) in [7, 11) is 1.60. The van der Waals surface area contributed by atoms with Crippen molar-refractivity contribution >= 4 is 33.4 Å². The molecule has 0 amide bonds. The first kappa shape index (κ1) is 16.5. The van der Waals surface area contributed by atoms with Crippen molar-refractivity contribution in [2.45, 2.75) is 19.4 Å². The Labute approximate surface area is 126 Å². The van der Waals surface area contributed by atoms with Gasteiger partial charge in [0.2, 0.25) is 0 Å². The third-order valence-corrected chi connectivity index (χ3v) is 4.05. The number of aromatic nitrogens is 2. The highest BCUT2D eigenvalue weighted by atomic mass is 79.9. The maximum Gasteiger partial charge on any atom is 0.283 e. The zero-order chi connectivity index (χ0) is 14.1. The summed E-state index contributed by atoms with van der Waals surface area (Å²) in [4.78, 5) is 12.0. The van der Waals surface area contributed by atoms with Crippen molar-refractivity contribution in [3.63, 3.8) is 0 Å². The van der Waals surface area contributed by atoms with E-state index in [0.29, 0.717) is 17.6 Å². The second-order valence-electron chi connectivity index (χ2n) is 4.02. The fourth-order valence-corrected chi connectivity index (χ4v) is 2.46. The number of ether oxygens (including phenoxy) is 1. The van der Waals surface area contributed by atoms with Gasteiger partial charge in [0.15, 0.2) is 0 Å². The van der Waals surface area contributed by atoms with E-state index in [-0.39, 0.29) is 5.56 Å². The molecule has 0 bridgehead atoms. The number of thioether (sulfide) groups is 1. The third kappa shape index (κ3) is 5.54. The molecule has 0 fully saturated rings. The van der Waals surface area contributed by atoms with Gasteiger partial charge in [-0.2, -0.15) is 16.9 Å². The standard InChI is InChI=1S/C12H20BrN3O2S/c1-18-7-6-16-12(17)11(13)10(9-15-16)14-5-3-4-8-19-2/h9,14H,3-8H2,1-2H3. The Kier molecular flexibility index (Phi) is 8.16. The molecule has 5 nitrogen and oxygen atoms in total. The first-order chi connectivity index (χ1) is 9.20. The number of hydrogen-bond donors (Lipinski definition) is 1. The van der Waals surface area contributed by atoms with E-state index in [1.807, 2.05) is 11.8 Å². The average Bonchev–Trinajstić information content (AvgIpc) is 2.42. The molecule has 0 radical (unpaired) electrons. The maximum absolute atomic E-state index is 12.0. The van der Waals surface area contributed by atoms with Crippen molar-refractivity contribution in [1.82, 2.24) is 9.78 Å². The summed E-state index contributed by atoms with van der Waals surface area (Å²) >= 11 is 5.17. The van der Waals surface area contributed by atoms with Crippen molar-refractivity contribution in [3.05, 3.63) is 21.0 Å². The van der Waals surface area contributed by atoms with Crippen LogP contribution in [0.3, 0.4) is 0 Å². The Morgan fingerprint density at radius 3 is 3.00 bits per heavy atom. The summed E-state index contributed by atoms with van der Waals surface area (Å²) in [6.45, 7) is 1.78. The third-order valence-electron chi connectivity index (χ3n) is 2.58. The molecule has 1 heterocycles. The average molecular weight is 350 g/mol. The van der Waals surface area contributed by atoms with Gasteiger partial charge in [-0.3, -0.25) is 4.79 Å². The van der Waals surface area contributed by atoms with Crippen LogP contribution < -0.4 is 10.9 Å². The number of halogens is 1. The highest BCUT2D eigenvalue weighted by Gasteiger charge is 2.07. The molecule has 0 saturated heterocycles. The van der Waals surface area contributed by atoms with Gasteiger partial charge in [-0.1, -0.05) is 0 Å². The van der Waals surface area contributed by atoms with Crippen molar-refractivity contribution in [2.75, 3.05) is 37.6 Å². The Morgan fingerprint density at radius 1 is 1.53 bits per heavy atom. The smallest absolute Gasteiger partial charge is 0.283 e. The fourth-order valence-electron chi connectivity index (χ4n) is 1.52. The predicted octanol–water partition coefficient (Wildman–Crippen LogP) is 2.21. The van der Waals surface area contributed by atoms with Crippen LogP contribution in [-0.4, -0.2) is 42.1 Å². The van der Waals surface area contributed by atoms with E-state index >= 15 is 0 Å². The first-order valence-corrected chi connectivity index (χ1v) is 8.36. The quantitative estimate of drug-likeness (QED) is 0.692. The summed E-state index contributed by atoms with van der Waals surface area (Å²) < 4.78 is 6.87. The van der Waals surface area contributed by atoms with Gasteiger partial charge in [0, 0.05) is 13.7 Å². The lowest BCUT2D eigenvalue weighted by atomic mass is 10.3. The summed E-state index contributed by atoms with van der Waals surface area (Å²) in [5.74, 6) is 1.17. The van der Waals surface area contributed by atoms with Crippen molar-refractivity contribution < 1.29 is 4.74 Å². The molecule has 1 rings (SSSR count). The molecule has 19 heavy (non-hydrogen) atoms. The molecule has 0 aliphatic heterocycles. The van der Waals surface area contributed by atoms with Gasteiger partial charge >= 0.3 is 0 Å². The van der Waals surface area contributed by atoms with Gasteiger partial charge in [0.05, 0.1) is 25.0 Å². The van der Waals surface area contributed by atoms with Gasteiger partial charge in [-0.05, 0) is 40.8 Å². The molecular formula is C12H20BrN3O2S. The van der Waals surface area contributed by atoms with Gasteiger partial charge in [-0.25, -0.2) is 4.68 Å². The zero-order valence-corrected chi connectivity index (χ0v) is 13.7. The molecule has 0 saturated carbocycles. The van der Waals surface area contributed by atoms with Crippen LogP contribution in [0.15, 0.2) is 15.5 Å². The number of hydrogen-bond acceptors (Lipinski definition) is 5. The van der Waals surface area contributed by atoms with Gasteiger partial charge in [0.1, 0.15) is 4.47 Å². The van der Waals surface area contributed by atoms with E-state index in [1.165, 1.54) is 16.9 Å². The van der Waals surface area contributed by atoms with Crippen LogP contribution >= 0.6 is 27.7 Å². The Bertz CT molecular complexity index is 439. The van der Waals surface area contributed by atoms with E-state index in [9.17, 15) is 4.79 Å². The molecule has 1 N–H and O–H groups in total. The number of unbranched alkanes of at least 4 members (excludes halogenated alkanes) is 1. The minimum absolute atomic E-state index is 0.133. The minimum Gasteiger partial charge on any atom is -0.383 e. The van der Waals surface area contributed by atoms with Crippen molar-refractivity contribution in [3.8, 4) is 0 Å². The second-order valence-corrected chi connectivity index (χ2v) is 5.80. The van der Waals surface area contributed by atoms with Crippen LogP contribution in [0.25, 0.3) is 0 Å². The normalized spacial score (nSPS) is 10.7. The molecule has 0 spiro atoms. The van der Waals surface area contributed by atoms with E-state index in [1.54, 1.807) is 13.3 Å². The molecule has 0 unspecified atom stereocenters. The maximum atomic E-state index is 12.0. The number of nitrogens with one attached hydrogen (secondary N) is 1. The lowest BCUT2D eigenvalue weighted by Crippen LogP contribution is -2.26. The molecule has 0 aromatic carbocycles. The van der Waals surface area contributed by atoms with Crippen molar-refractivity contribution in [2.24, 2.45) is 0 Å². The van der Waals surface area contributed by atoms with Crippen LogP contribution in [0.2, 0.25) is 0 Å². The van der Waals surface area contributed by atoms with Crippen LogP contribution in [0, 0.1) is 0 Å². The molecule has 1 aromatic rings. The first-order valence-electron chi connectivity index (χ1n) is 6.18. The van der Waals surface area contributed by atoms with Gasteiger partial charge in [-0.15, -0.1) is 0 Å². The number of rotatable bonds is 9. The lowest BCUT2D eigenvalue weighted by Gasteiger charge is -2.10. The van der Waals surface area contributed by atoms with Crippen LogP contribution in [0.1, 0.15) is 12.8 Å². The lowest BCUT2D eigenvalue weighted by molar-refractivity contribution is 0.181. The molecule has 0 aliphatic carbocycles. The number of anilines is 1. The van der Waals surface area contributed by atoms with Crippen LogP contribution in [-0.2, 0) is 11.3 Å². The zero-order valence-electron chi connectivity index (χ0n) is 11.3. The van der Waals surface area contributed by atoms with E-state index in [4.69, 9.17) is 4.74 Å². The topological polar surface area (TPSA) is 56.1 Å². The monoisotopic (exact) mass is 349 g/mol. The summed E-state index contributed by atoms with van der Waals surface area (Å²) in [5, 5.41) is 7.35. The van der Waals surface area contributed by atoms with Gasteiger partial charge in [0.25, 0.3) is 5.56 Å². The Hall–Kier alpha value is -0.530. The summed E-state index contributed by atoms with van der Waals surface area (Å²) in [6.07, 6.45) is 6.04. The minimum atomic E-state index is -0.133.